The molecule has 3 fully saturated rings. The van der Waals surface area contributed by atoms with E-state index < -0.39 is 71.1 Å². The Kier molecular flexibility index (Phi) is 9.35. The summed E-state index contributed by atoms with van der Waals surface area (Å²) in [6.45, 7) is 15.0. The summed E-state index contributed by atoms with van der Waals surface area (Å²) in [5, 5.41) is 24.0. The van der Waals surface area contributed by atoms with E-state index in [-0.39, 0.29) is 11.8 Å². The number of rotatable bonds is 8. The number of ether oxygens (including phenoxy) is 3. The van der Waals surface area contributed by atoms with Gasteiger partial charge in [-0.05, 0) is 60.8 Å². The quantitative estimate of drug-likeness (QED) is 0.236. The zero-order chi connectivity index (χ0) is 30.4. The highest BCUT2D eigenvalue weighted by Gasteiger charge is 2.68. The lowest BCUT2D eigenvalue weighted by Crippen LogP contribution is -2.67. The first kappa shape index (κ1) is 32.0. The molecular weight excluding hydrogens is 524 g/mol. The molecule has 4 aliphatic rings. The third-order valence-corrected chi connectivity index (χ3v) is 11.3. The fourth-order valence-electron chi connectivity index (χ4n) is 9.67. The van der Waals surface area contributed by atoms with E-state index in [0.717, 1.165) is 31.3 Å². The Morgan fingerprint density at radius 1 is 0.927 bits per heavy atom. The highest BCUT2D eigenvalue weighted by molar-refractivity contribution is 5.68. The van der Waals surface area contributed by atoms with Gasteiger partial charge in [0.1, 0.15) is 18.3 Å². The average molecular weight is 577 g/mol. The van der Waals surface area contributed by atoms with E-state index in [2.05, 4.69) is 27.7 Å². The number of hydrogen-bond donors (Lipinski definition) is 2. The van der Waals surface area contributed by atoms with Crippen molar-refractivity contribution >= 4 is 17.9 Å². The van der Waals surface area contributed by atoms with Crippen LogP contribution in [0, 0.1) is 46.3 Å². The van der Waals surface area contributed by atoms with E-state index in [1.165, 1.54) is 27.2 Å². The van der Waals surface area contributed by atoms with Gasteiger partial charge in [-0.3, -0.25) is 14.4 Å². The molecule has 0 spiro atoms. The predicted molar refractivity (Wildman–Crippen MR) is 153 cm³/mol. The molecule has 3 saturated carbocycles. The van der Waals surface area contributed by atoms with Crippen LogP contribution in [0.5, 0.6) is 0 Å². The monoisotopic (exact) mass is 576 g/mol. The first-order valence-corrected chi connectivity index (χ1v) is 15.7. The van der Waals surface area contributed by atoms with Crippen molar-refractivity contribution in [1.29, 1.82) is 0 Å². The minimum atomic E-state index is -1.03. The maximum atomic E-state index is 12.4. The van der Waals surface area contributed by atoms with Crippen LogP contribution < -0.4 is 0 Å². The van der Waals surface area contributed by atoms with Gasteiger partial charge in [0.25, 0.3) is 0 Å². The summed E-state index contributed by atoms with van der Waals surface area (Å²) in [6.07, 6.45) is 4.04. The van der Waals surface area contributed by atoms with Gasteiger partial charge in [-0.15, -0.1) is 0 Å². The van der Waals surface area contributed by atoms with Gasteiger partial charge in [-0.1, -0.05) is 59.5 Å². The number of esters is 3. The van der Waals surface area contributed by atoms with Crippen molar-refractivity contribution in [2.45, 2.75) is 131 Å². The standard InChI is InChI=1S/C33H52O8/c1-17(2)10-9-11-18(3)23-12-13-24-22-16-26(40-20(5)35)28-30(41-21(6)36)25(39-19(4)34)14-15-32(28,7)27(22)29(37)31(38)33(23,24)8/h16-18,23-31,37-38H,9-15H2,1-8H3/t18-,23-,24+,25?,26?,27-,28?,29?,30?,31?,32-,33-/m1/s1. The molecule has 8 nitrogen and oxygen atoms in total. The van der Waals surface area contributed by atoms with Crippen molar-refractivity contribution in [1.82, 2.24) is 0 Å². The molecule has 0 amide bonds. The van der Waals surface area contributed by atoms with Gasteiger partial charge in [0.2, 0.25) is 0 Å². The molecule has 0 aliphatic heterocycles. The fraction of sp³-hybridized carbons (Fsp3) is 0.848. The fourth-order valence-corrected chi connectivity index (χ4v) is 9.67. The van der Waals surface area contributed by atoms with Crippen molar-refractivity contribution in [2.75, 3.05) is 0 Å². The number of fused-ring (bicyclic) bond motifs is 5. The molecule has 4 aliphatic carbocycles. The largest absolute Gasteiger partial charge is 0.459 e. The Bertz CT molecular complexity index is 1040. The smallest absolute Gasteiger partial charge is 0.303 e. The summed E-state index contributed by atoms with van der Waals surface area (Å²) in [4.78, 5) is 36.7. The highest BCUT2D eigenvalue weighted by atomic mass is 16.6. The van der Waals surface area contributed by atoms with E-state index in [0.29, 0.717) is 24.7 Å². The van der Waals surface area contributed by atoms with Crippen molar-refractivity contribution in [3.8, 4) is 0 Å². The van der Waals surface area contributed by atoms with Crippen molar-refractivity contribution in [3.05, 3.63) is 11.6 Å². The highest BCUT2D eigenvalue weighted by Crippen LogP contribution is 2.67. The van der Waals surface area contributed by atoms with Gasteiger partial charge in [-0.2, -0.15) is 0 Å². The second-order valence-corrected chi connectivity index (χ2v) is 14.4. The lowest BCUT2D eigenvalue weighted by molar-refractivity contribution is -0.222. The van der Waals surface area contributed by atoms with E-state index >= 15 is 0 Å². The van der Waals surface area contributed by atoms with Gasteiger partial charge in [-0.25, -0.2) is 0 Å². The van der Waals surface area contributed by atoms with Crippen LogP contribution in [0.25, 0.3) is 0 Å². The predicted octanol–water partition coefficient (Wildman–Crippen LogP) is 4.98. The molecule has 2 N–H and O–H groups in total. The second kappa shape index (κ2) is 12.0. The molecule has 232 valence electrons. The minimum absolute atomic E-state index is 0.0395. The third-order valence-electron chi connectivity index (χ3n) is 11.3. The van der Waals surface area contributed by atoms with E-state index in [4.69, 9.17) is 14.2 Å². The minimum Gasteiger partial charge on any atom is -0.459 e. The van der Waals surface area contributed by atoms with Crippen LogP contribution in [0.15, 0.2) is 11.6 Å². The molecule has 0 heterocycles. The van der Waals surface area contributed by atoms with Crippen LogP contribution in [0.2, 0.25) is 0 Å². The number of carbonyl (C=O) groups excluding carboxylic acids is 3. The zero-order valence-corrected chi connectivity index (χ0v) is 26.2. The molecule has 0 bridgehead atoms. The first-order valence-electron chi connectivity index (χ1n) is 15.7. The Morgan fingerprint density at radius 2 is 1.56 bits per heavy atom. The molecule has 4 rings (SSSR count). The summed E-state index contributed by atoms with van der Waals surface area (Å²) in [7, 11) is 0. The van der Waals surface area contributed by atoms with Crippen LogP contribution in [0.3, 0.4) is 0 Å². The number of aliphatic hydroxyl groups is 2. The molecule has 12 atom stereocenters. The second-order valence-electron chi connectivity index (χ2n) is 14.4. The average Bonchev–Trinajstić information content (AvgIpc) is 3.21. The Morgan fingerprint density at radius 3 is 2.15 bits per heavy atom. The summed E-state index contributed by atoms with van der Waals surface area (Å²) < 4.78 is 17.4. The lowest BCUT2D eigenvalue weighted by atomic mass is 9.45. The molecular formula is C33H52O8. The van der Waals surface area contributed by atoms with Gasteiger partial charge >= 0.3 is 17.9 Å². The van der Waals surface area contributed by atoms with Crippen molar-refractivity contribution in [2.24, 2.45) is 46.3 Å². The van der Waals surface area contributed by atoms with E-state index in [9.17, 15) is 24.6 Å². The normalized spacial score (nSPS) is 42.3. The molecule has 6 unspecified atom stereocenters. The molecule has 0 aromatic rings. The van der Waals surface area contributed by atoms with Crippen LogP contribution in [0.4, 0.5) is 0 Å². The van der Waals surface area contributed by atoms with Crippen LogP contribution >= 0.6 is 0 Å². The SMILES string of the molecule is CC(=O)OC1C=C2[C@H](C(O)C(O)[C@]3(C)[C@@H]([C@H](C)CCCC(C)C)CC[C@@H]23)[C@@]2(C)CCC(OC(C)=O)C(OC(C)=O)C12. The summed E-state index contributed by atoms with van der Waals surface area (Å²) in [6, 6.07) is 0. The third kappa shape index (κ3) is 5.72. The molecule has 41 heavy (non-hydrogen) atoms. The molecule has 0 aromatic carbocycles. The van der Waals surface area contributed by atoms with Gasteiger partial charge in [0, 0.05) is 38.0 Å². The maximum absolute atomic E-state index is 12.4. The van der Waals surface area contributed by atoms with Crippen LogP contribution in [0.1, 0.15) is 100 Å². The van der Waals surface area contributed by atoms with Crippen LogP contribution in [-0.4, -0.2) is 58.6 Å². The van der Waals surface area contributed by atoms with Crippen molar-refractivity contribution in [3.63, 3.8) is 0 Å². The maximum Gasteiger partial charge on any atom is 0.303 e. The molecule has 0 aromatic heterocycles. The number of carbonyl (C=O) groups is 3. The molecule has 0 radical (unpaired) electrons. The van der Waals surface area contributed by atoms with Crippen molar-refractivity contribution < 1.29 is 38.8 Å². The Balaban J connectivity index is 1.77. The Hall–Kier alpha value is -1.93. The Labute approximate surface area is 245 Å². The molecule has 0 saturated heterocycles. The number of aliphatic hydroxyl groups excluding tert-OH is 2. The lowest BCUT2D eigenvalue weighted by Gasteiger charge is -2.62. The summed E-state index contributed by atoms with van der Waals surface area (Å²) in [5.74, 6) is -1.04. The van der Waals surface area contributed by atoms with Crippen LogP contribution in [-0.2, 0) is 28.6 Å². The zero-order valence-electron chi connectivity index (χ0n) is 26.2. The van der Waals surface area contributed by atoms with Gasteiger partial charge in [0.05, 0.1) is 12.2 Å². The molecule has 8 heteroatoms. The summed E-state index contributed by atoms with van der Waals surface area (Å²) in [5.41, 5.74) is -0.128. The van der Waals surface area contributed by atoms with E-state index in [1.807, 2.05) is 13.0 Å². The topological polar surface area (TPSA) is 119 Å². The van der Waals surface area contributed by atoms with E-state index in [1.54, 1.807) is 0 Å². The first-order chi connectivity index (χ1) is 19.1. The number of hydrogen-bond acceptors (Lipinski definition) is 8. The van der Waals surface area contributed by atoms with Gasteiger partial charge in [0.15, 0.2) is 0 Å². The summed E-state index contributed by atoms with van der Waals surface area (Å²) >= 11 is 0. The van der Waals surface area contributed by atoms with Gasteiger partial charge < -0.3 is 24.4 Å².